The number of ether oxygens (including phenoxy) is 1. The molecular weight excluding hydrogens is 233 g/mol. The zero-order valence-corrected chi connectivity index (χ0v) is 9.34. The monoisotopic (exact) mass is 246 g/mol. The standard InChI is InChI=1S/C12H13F3O2/c1-17-10-8(11(7-16)5-6-11)3-2-4-9(10)12(13,14)15/h2-4,16H,5-7H2,1H3. The van der Waals surface area contributed by atoms with Crippen LogP contribution < -0.4 is 4.74 Å². The van der Waals surface area contributed by atoms with Crippen LogP contribution in [0.25, 0.3) is 0 Å². The molecule has 2 nitrogen and oxygen atoms in total. The van der Waals surface area contributed by atoms with Gasteiger partial charge in [-0.3, -0.25) is 0 Å². The molecule has 0 radical (unpaired) electrons. The van der Waals surface area contributed by atoms with Crippen molar-refractivity contribution in [2.24, 2.45) is 0 Å². The van der Waals surface area contributed by atoms with Gasteiger partial charge in [0.1, 0.15) is 5.75 Å². The number of aliphatic hydroxyl groups is 1. The van der Waals surface area contributed by atoms with Gasteiger partial charge in [0, 0.05) is 11.0 Å². The van der Waals surface area contributed by atoms with Crippen molar-refractivity contribution >= 4 is 0 Å². The Hall–Kier alpha value is -1.23. The molecule has 1 fully saturated rings. The third-order valence-corrected chi connectivity index (χ3v) is 3.25. The van der Waals surface area contributed by atoms with Crippen molar-refractivity contribution in [3.63, 3.8) is 0 Å². The summed E-state index contributed by atoms with van der Waals surface area (Å²) in [6, 6.07) is 3.95. The van der Waals surface area contributed by atoms with Crippen LogP contribution in [0.1, 0.15) is 24.0 Å². The second-order valence-electron chi connectivity index (χ2n) is 4.32. The summed E-state index contributed by atoms with van der Waals surface area (Å²) in [5, 5.41) is 9.29. The van der Waals surface area contributed by atoms with E-state index in [4.69, 9.17) is 4.74 Å². The first-order valence-electron chi connectivity index (χ1n) is 5.30. The molecule has 0 bridgehead atoms. The summed E-state index contributed by atoms with van der Waals surface area (Å²) in [5.41, 5.74) is -0.860. The maximum Gasteiger partial charge on any atom is 0.419 e. The Labute approximate surface area is 97.0 Å². The molecule has 1 aliphatic rings. The van der Waals surface area contributed by atoms with E-state index in [1.165, 1.54) is 13.2 Å². The van der Waals surface area contributed by atoms with Crippen LogP contribution in [-0.4, -0.2) is 18.8 Å². The SMILES string of the molecule is COc1c(C(F)(F)F)cccc1C1(CO)CC1. The number of methoxy groups -OCH3 is 1. The maximum absolute atomic E-state index is 12.8. The first-order chi connectivity index (χ1) is 7.94. The summed E-state index contributed by atoms with van der Waals surface area (Å²) in [6.07, 6.45) is -3.05. The van der Waals surface area contributed by atoms with Crippen molar-refractivity contribution in [1.29, 1.82) is 0 Å². The number of rotatable bonds is 3. The van der Waals surface area contributed by atoms with Gasteiger partial charge in [-0.2, -0.15) is 13.2 Å². The molecule has 17 heavy (non-hydrogen) atoms. The van der Waals surface area contributed by atoms with Crippen molar-refractivity contribution in [2.75, 3.05) is 13.7 Å². The van der Waals surface area contributed by atoms with Gasteiger partial charge in [-0.15, -0.1) is 0 Å². The van der Waals surface area contributed by atoms with Crippen LogP contribution in [-0.2, 0) is 11.6 Å². The van der Waals surface area contributed by atoms with Crippen molar-refractivity contribution in [3.8, 4) is 5.75 Å². The van der Waals surface area contributed by atoms with Crippen LogP contribution in [0.5, 0.6) is 5.75 Å². The van der Waals surface area contributed by atoms with Gasteiger partial charge < -0.3 is 9.84 Å². The first kappa shape index (κ1) is 12.2. The van der Waals surface area contributed by atoms with E-state index in [0.717, 1.165) is 6.07 Å². The number of hydrogen-bond acceptors (Lipinski definition) is 2. The maximum atomic E-state index is 12.8. The number of benzene rings is 1. The number of halogens is 3. The van der Waals surface area contributed by atoms with Gasteiger partial charge in [-0.1, -0.05) is 12.1 Å². The Morgan fingerprint density at radius 2 is 2.00 bits per heavy atom. The quantitative estimate of drug-likeness (QED) is 0.888. The Balaban J connectivity index is 2.55. The molecule has 0 spiro atoms. The molecule has 0 heterocycles. The minimum atomic E-state index is -4.44. The lowest BCUT2D eigenvalue weighted by atomic mass is 9.93. The van der Waals surface area contributed by atoms with Crippen molar-refractivity contribution in [1.82, 2.24) is 0 Å². The molecule has 2 rings (SSSR count). The van der Waals surface area contributed by atoms with Crippen LogP contribution in [0.15, 0.2) is 18.2 Å². The van der Waals surface area contributed by atoms with Gasteiger partial charge in [-0.05, 0) is 18.9 Å². The van der Waals surface area contributed by atoms with E-state index in [9.17, 15) is 18.3 Å². The molecule has 1 N–H and O–H groups in total. The molecule has 0 unspecified atom stereocenters. The molecule has 0 aromatic heterocycles. The molecule has 1 saturated carbocycles. The van der Waals surface area contributed by atoms with Crippen molar-refractivity contribution < 1.29 is 23.0 Å². The van der Waals surface area contributed by atoms with Crippen LogP contribution in [0.3, 0.4) is 0 Å². The molecular formula is C12H13F3O2. The lowest BCUT2D eigenvalue weighted by Crippen LogP contribution is -2.16. The highest BCUT2D eigenvalue weighted by atomic mass is 19.4. The summed E-state index contributed by atoms with van der Waals surface area (Å²) in [6.45, 7) is -0.148. The molecule has 0 atom stereocenters. The van der Waals surface area contributed by atoms with E-state index < -0.39 is 17.2 Å². The summed E-state index contributed by atoms with van der Waals surface area (Å²) in [4.78, 5) is 0. The molecule has 5 heteroatoms. The molecule has 94 valence electrons. The zero-order chi connectivity index (χ0) is 12.7. The number of hydrogen-bond donors (Lipinski definition) is 1. The minimum absolute atomic E-state index is 0.148. The summed E-state index contributed by atoms with van der Waals surface area (Å²) >= 11 is 0. The highest BCUT2D eigenvalue weighted by Gasteiger charge is 2.47. The summed E-state index contributed by atoms with van der Waals surface area (Å²) in [7, 11) is 1.22. The van der Waals surface area contributed by atoms with E-state index in [-0.39, 0.29) is 12.4 Å². The lowest BCUT2D eigenvalue weighted by Gasteiger charge is -2.20. The Kier molecular flexibility index (Phi) is 2.81. The van der Waals surface area contributed by atoms with Crippen LogP contribution in [0.4, 0.5) is 13.2 Å². The average Bonchev–Trinajstić information content (AvgIpc) is 3.07. The van der Waals surface area contributed by atoms with Crippen LogP contribution >= 0.6 is 0 Å². The fraction of sp³-hybridized carbons (Fsp3) is 0.500. The Bertz CT molecular complexity index is 422. The topological polar surface area (TPSA) is 29.5 Å². The summed E-state index contributed by atoms with van der Waals surface area (Å²) in [5.74, 6) is -0.161. The normalized spacial score (nSPS) is 17.9. The van der Waals surface area contributed by atoms with Gasteiger partial charge in [0.05, 0.1) is 19.3 Å². The number of aliphatic hydroxyl groups excluding tert-OH is 1. The van der Waals surface area contributed by atoms with E-state index in [1.54, 1.807) is 6.07 Å². The highest BCUT2D eigenvalue weighted by Crippen LogP contribution is 2.53. The van der Waals surface area contributed by atoms with Gasteiger partial charge in [0.2, 0.25) is 0 Å². The molecule has 1 aliphatic carbocycles. The third kappa shape index (κ3) is 1.99. The fourth-order valence-electron chi connectivity index (χ4n) is 2.06. The van der Waals surface area contributed by atoms with E-state index in [1.807, 2.05) is 0 Å². The first-order valence-corrected chi connectivity index (χ1v) is 5.30. The van der Waals surface area contributed by atoms with Gasteiger partial charge >= 0.3 is 6.18 Å². The largest absolute Gasteiger partial charge is 0.496 e. The molecule has 1 aromatic rings. The van der Waals surface area contributed by atoms with Crippen LogP contribution in [0, 0.1) is 0 Å². The van der Waals surface area contributed by atoms with Gasteiger partial charge in [0.15, 0.2) is 0 Å². The molecule has 1 aromatic carbocycles. The number of alkyl halides is 3. The zero-order valence-electron chi connectivity index (χ0n) is 9.34. The summed E-state index contributed by atoms with van der Waals surface area (Å²) < 4.78 is 43.3. The Morgan fingerprint density at radius 1 is 1.35 bits per heavy atom. The molecule has 0 aliphatic heterocycles. The van der Waals surface area contributed by atoms with Gasteiger partial charge in [-0.25, -0.2) is 0 Å². The number of para-hydroxylation sites is 1. The second kappa shape index (κ2) is 3.91. The second-order valence-corrected chi connectivity index (χ2v) is 4.32. The van der Waals surface area contributed by atoms with Crippen molar-refractivity contribution in [2.45, 2.75) is 24.4 Å². The van der Waals surface area contributed by atoms with E-state index >= 15 is 0 Å². The average molecular weight is 246 g/mol. The third-order valence-electron chi connectivity index (χ3n) is 3.25. The van der Waals surface area contributed by atoms with E-state index in [2.05, 4.69) is 0 Å². The van der Waals surface area contributed by atoms with Gasteiger partial charge in [0.25, 0.3) is 0 Å². The minimum Gasteiger partial charge on any atom is -0.496 e. The fourth-order valence-corrected chi connectivity index (χ4v) is 2.06. The highest BCUT2D eigenvalue weighted by molar-refractivity contribution is 5.49. The molecule has 0 amide bonds. The predicted molar refractivity (Wildman–Crippen MR) is 56.0 cm³/mol. The predicted octanol–water partition coefficient (Wildman–Crippen LogP) is 2.74. The lowest BCUT2D eigenvalue weighted by molar-refractivity contribution is -0.138. The van der Waals surface area contributed by atoms with E-state index in [0.29, 0.717) is 18.4 Å². The van der Waals surface area contributed by atoms with Crippen molar-refractivity contribution in [3.05, 3.63) is 29.3 Å². The molecule has 0 saturated heterocycles. The van der Waals surface area contributed by atoms with Crippen LogP contribution in [0.2, 0.25) is 0 Å². The smallest absolute Gasteiger partial charge is 0.419 e. The Morgan fingerprint density at radius 3 is 2.41 bits per heavy atom.